The number of nitrogens with two attached hydrogens (primary N) is 1. The molecule has 0 aliphatic heterocycles. The summed E-state index contributed by atoms with van der Waals surface area (Å²) in [5.74, 6) is 0. The normalized spacial score (nSPS) is 13.2. The molecule has 1 heterocycles. The zero-order valence-electron chi connectivity index (χ0n) is 7.99. The third kappa shape index (κ3) is 3.46. The maximum Gasteiger partial charge on any atom is 0.0710 e. The fourth-order valence-corrected chi connectivity index (χ4v) is 2.42. The lowest BCUT2D eigenvalue weighted by Gasteiger charge is -2.03. The number of thiophene rings is 1. The van der Waals surface area contributed by atoms with Crippen LogP contribution in [-0.2, 0) is 12.8 Å². The number of hydrogen-bond acceptors (Lipinski definition) is 3. The molecule has 0 saturated carbocycles. The second-order valence-corrected chi connectivity index (χ2v) is 4.46. The molecule has 3 heteroatoms. The van der Waals surface area contributed by atoms with E-state index in [2.05, 4.69) is 19.1 Å². The summed E-state index contributed by atoms with van der Waals surface area (Å²) in [6.45, 7) is 2.52. The van der Waals surface area contributed by atoms with Crippen molar-refractivity contribution in [2.45, 2.75) is 32.3 Å². The number of aliphatic hydroxyl groups excluding tert-OH is 1. The summed E-state index contributed by atoms with van der Waals surface area (Å²) in [6, 6.07) is 4.24. The molecule has 2 nitrogen and oxygen atoms in total. The molecule has 3 N–H and O–H groups in total. The molecule has 0 bridgehead atoms. The first-order valence-corrected chi connectivity index (χ1v) is 5.53. The van der Waals surface area contributed by atoms with E-state index in [1.165, 1.54) is 16.2 Å². The van der Waals surface area contributed by atoms with Crippen LogP contribution in [0, 0.1) is 0 Å². The van der Waals surface area contributed by atoms with Gasteiger partial charge in [-0.3, -0.25) is 0 Å². The number of aliphatic hydroxyl groups is 1. The first kappa shape index (κ1) is 10.7. The van der Waals surface area contributed by atoms with Crippen LogP contribution < -0.4 is 5.73 Å². The molecule has 0 saturated heterocycles. The molecule has 1 unspecified atom stereocenters. The molecule has 0 aromatic carbocycles. The van der Waals surface area contributed by atoms with Gasteiger partial charge in [0.05, 0.1) is 6.10 Å². The van der Waals surface area contributed by atoms with Crippen molar-refractivity contribution in [2.75, 3.05) is 6.54 Å². The van der Waals surface area contributed by atoms with Crippen molar-refractivity contribution in [1.29, 1.82) is 0 Å². The highest BCUT2D eigenvalue weighted by atomic mass is 32.1. The van der Waals surface area contributed by atoms with Crippen LogP contribution in [-0.4, -0.2) is 17.8 Å². The van der Waals surface area contributed by atoms with Crippen LogP contribution in [0.25, 0.3) is 0 Å². The van der Waals surface area contributed by atoms with E-state index in [4.69, 9.17) is 5.73 Å². The summed E-state index contributed by atoms with van der Waals surface area (Å²) < 4.78 is 0. The zero-order valence-corrected chi connectivity index (χ0v) is 8.81. The van der Waals surface area contributed by atoms with E-state index in [9.17, 15) is 5.11 Å². The van der Waals surface area contributed by atoms with Crippen molar-refractivity contribution in [1.82, 2.24) is 0 Å². The lowest BCUT2D eigenvalue weighted by molar-refractivity contribution is 0.184. The highest BCUT2D eigenvalue weighted by Gasteiger charge is 2.05. The Hall–Kier alpha value is -0.380. The fraction of sp³-hybridized carbons (Fsp3) is 0.600. The Morgan fingerprint density at radius 2 is 2.15 bits per heavy atom. The summed E-state index contributed by atoms with van der Waals surface area (Å²) in [4.78, 5) is 2.64. The molecule has 1 aromatic heterocycles. The van der Waals surface area contributed by atoms with Crippen molar-refractivity contribution in [2.24, 2.45) is 5.73 Å². The van der Waals surface area contributed by atoms with Gasteiger partial charge in [-0.15, -0.1) is 11.3 Å². The fourth-order valence-electron chi connectivity index (χ4n) is 1.23. The van der Waals surface area contributed by atoms with Crippen molar-refractivity contribution >= 4 is 11.3 Å². The second kappa shape index (κ2) is 5.37. The molecular formula is C10H17NOS. The van der Waals surface area contributed by atoms with Crippen LogP contribution >= 0.6 is 11.3 Å². The molecule has 0 radical (unpaired) electrons. The largest absolute Gasteiger partial charge is 0.391 e. The molecule has 0 fully saturated rings. The Morgan fingerprint density at radius 1 is 1.46 bits per heavy atom. The van der Waals surface area contributed by atoms with E-state index in [1.54, 1.807) is 11.3 Å². The van der Waals surface area contributed by atoms with Gasteiger partial charge < -0.3 is 10.8 Å². The Kier molecular flexibility index (Phi) is 4.42. The third-order valence-corrected chi connectivity index (χ3v) is 3.09. The molecule has 0 amide bonds. The van der Waals surface area contributed by atoms with Crippen LogP contribution in [0.5, 0.6) is 0 Å². The molecule has 0 aliphatic rings. The van der Waals surface area contributed by atoms with Gasteiger partial charge in [-0.05, 0) is 18.6 Å². The van der Waals surface area contributed by atoms with E-state index in [0.29, 0.717) is 13.0 Å². The van der Waals surface area contributed by atoms with E-state index in [1.807, 2.05) is 0 Å². The quantitative estimate of drug-likeness (QED) is 0.756. The highest BCUT2D eigenvalue weighted by molar-refractivity contribution is 7.11. The maximum absolute atomic E-state index is 9.33. The van der Waals surface area contributed by atoms with Gasteiger partial charge in [-0.25, -0.2) is 0 Å². The highest BCUT2D eigenvalue weighted by Crippen LogP contribution is 2.19. The molecular weight excluding hydrogens is 182 g/mol. The van der Waals surface area contributed by atoms with Gasteiger partial charge in [0, 0.05) is 22.7 Å². The minimum absolute atomic E-state index is 0.348. The Balaban J connectivity index is 2.48. The predicted molar refractivity (Wildman–Crippen MR) is 57.1 cm³/mol. The smallest absolute Gasteiger partial charge is 0.0710 e. The molecule has 13 heavy (non-hydrogen) atoms. The molecule has 74 valence electrons. The zero-order chi connectivity index (χ0) is 9.68. The van der Waals surface area contributed by atoms with Crippen LogP contribution in [0.3, 0.4) is 0 Å². The number of aryl methyl sites for hydroxylation is 1. The number of rotatable bonds is 5. The van der Waals surface area contributed by atoms with Crippen LogP contribution in [0.2, 0.25) is 0 Å². The standard InChI is InChI=1S/C10H17NOS/c1-2-3-9-4-5-10(13-9)6-8(12)7-11/h4-5,8,12H,2-3,6-7,11H2,1H3. The Labute approximate surface area is 83.4 Å². The lowest BCUT2D eigenvalue weighted by atomic mass is 10.2. The van der Waals surface area contributed by atoms with Crippen molar-refractivity contribution < 1.29 is 5.11 Å². The van der Waals surface area contributed by atoms with Crippen molar-refractivity contribution in [3.63, 3.8) is 0 Å². The second-order valence-electron chi connectivity index (χ2n) is 3.21. The predicted octanol–water partition coefficient (Wildman–Crippen LogP) is 1.56. The summed E-state index contributed by atoms with van der Waals surface area (Å²) in [6.07, 6.45) is 2.64. The van der Waals surface area contributed by atoms with Crippen LogP contribution in [0.15, 0.2) is 12.1 Å². The SMILES string of the molecule is CCCc1ccc(CC(O)CN)s1. The molecule has 0 aliphatic carbocycles. The molecule has 0 spiro atoms. The van der Waals surface area contributed by atoms with E-state index < -0.39 is 0 Å². The van der Waals surface area contributed by atoms with Gasteiger partial charge in [0.15, 0.2) is 0 Å². The van der Waals surface area contributed by atoms with E-state index in [-0.39, 0.29) is 6.10 Å². The van der Waals surface area contributed by atoms with E-state index >= 15 is 0 Å². The van der Waals surface area contributed by atoms with Gasteiger partial charge in [-0.2, -0.15) is 0 Å². The molecule has 1 atom stereocenters. The van der Waals surface area contributed by atoms with E-state index in [0.717, 1.165) is 6.42 Å². The minimum atomic E-state index is -0.381. The molecule has 1 aromatic rings. The van der Waals surface area contributed by atoms with Crippen molar-refractivity contribution in [3.8, 4) is 0 Å². The Bertz CT molecular complexity index is 247. The minimum Gasteiger partial charge on any atom is -0.391 e. The number of hydrogen-bond donors (Lipinski definition) is 2. The van der Waals surface area contributed by atoms with Gasteiger partial charge >= 0.3 is 0 Å². The summed E-state index contributed by atoms with van der Waals surface area (Å²) in [5, 5.41) is 9.33. The summed E-state index contributed by atoms with van der Waals surface area (Å²) in [5.41, 5.74) is 5.34. The summed E-state index contributed by atoms with van der Waals surface area (Å²) in [7, 11) is 0. The maximum atomic E-state index is 9.33. The first-order chi connectivity index (χ1) is 6.26. The summed E-state index contributed by atoms with van der Waals surface area (Å²) >= 11 is 1.79. The molecule has 1 rings (SSSR count). The lowest BCUT2D eigenvalue weighted by Crippen LogP contribution is -2.21. The topological polar surface area (TPSA) is 46.2 Å². The van der Waals surface area contributed by atoms with Crippen molar-refractivity contribution in [3.05, 3.63) is 21.9 Å². The average Bonchev–Trinajstić information content (AvgIpc) is 2.53. The van der Waals surface area contributed by atoms with Crippen LogP contribution in [0.1, 0.15) is 23.1 Å². The monoisotopic (exact) mass is 199 g/mol. The van der Waals surface area contributed by atoms with Gasteiger partial charge in [0.25, 0.3) is 0 Å². The van der Waals surface area contributed by atoms with Crippen LogP contribution in [0.4, 0.5) is 0 Å². The average molecular weight is 199 g/mol. The van der Waals surface area contributed by atoms with Gasteiger partial charge in [0.1, 0.15) is 0 Å². The van der Waals surface area contributed by atoms with Gasteiger partial charge in [-0.1, -0.05) is 13.3 Å². The first-order valence-electron chi connectivity index (χ1n) is 4.72. The Morgan fingerprint density at radius 3 is 2.77 bits per heavy atom. The third-order valence-electron chi connectivity index (χ3n) is 1.92. The van der Waals surface area contributed by atoms with Gasteiger partial charge in [0.2, 0.25) is 0 Å².